The largest absolute Gasteiger partial charge is 0.369 e. The number of hydrogen-bond donors (Lipinski definition) is 1. The Morgan fingerprint density at radius 1 is 1.33 bits per heavy atom. The van der Waals surface area contributed by atoms with Gasteiger partial charge in [-0.25, -0.2) is 4.98 Å². The van der Waals surface area contributed by atoms with Crippen LogP contribution in [0.25, 0.3) is 0 Å². The van der Waals surface area contributed by atoms with Gasteiger partial charge in [-0.3, -0.25) is 9.78 Å². The molecular weight excluding hydrogens is 288 g/mol. The average molecular weight is 305 g/mol. The van der Waals surface area contributed by atoms with Crippen LogP contribution in [0, 0.1) is 0 Å². The summed E-state index contributed by atoms with van der Waals surface area (Å²) in [6.45, 7) is 5.15. The molecular formula is C15H17ClN4O. The maximum absolute atomic E-state index is 12.6. The van der Waals surface area contributed by atoms with Crippen molar-refractivity contribution in [3.05, 3.63) is 47.4 Å². The van der Waals surface area contributed by atoms with E-state index >= 15 is 0 Å². The number of carbonyl (C=O) groups is 1. The van der Waals surface area contributed by atoms with Gasteiger partial charge in [0.25, 0.3) is 5.91 Å². The summed E-state index contributed by atoms with van der Waals surface area (Å²) in [5, 5.41) is 3.48. The molecule has 0 aliphatic carbocycles. The van der Waals surface area contributed by atoms with Gasteiger partial charge in [0.1, 0.15) is 5.82 Å². The Kier molecular flexibility index (Phi) is 5.11. The summed E-state index contributed by atoms with van der Waals surface area (Å²) < 4.78 is 0. The lowest BCUT2D eigenvalue weighted by Crippen LogP contribution is -2.30. The summed E-state index contributed by atoms with van der Waals surface area (Å²) in [5.74, 6) is 0.448. The lowest BCUT2D eigenvalue weighted by atomic mass is 10.2. The van der Waals surface area contributed by atoms with Crippen LogP contribution in [0.1, 0.15) is 24.2 Å². The quantitative estimate of drug-likeness (QED) is 0.921. The van der Waals surface area contributed by atoms with Crippen molar-refractivity contribution in [2.45, 2.75) is 13.8 Å². The third-order valence-electron chi connectivity index (χ3n) is 2.97. The highest BCUT2D eigenvalue weighted by atomic mass is 35.5. The van der Waals surface area contributed by atoms with Gasteiger partial charge < -0.3 is 10.2 Å². The first-order valence-corrected chi connectivity index (χ1v) is 7.16. The number of hydrogen-bond acceptors (Lipinski definition) is 4. The molecule has 1 N–H and O–H groups in total. The molecule has 0 fully saturated rings. The fraction of sp³-hybridized carbons (Fsp3) is 0.267. The number of carbonyl (C=O) groups excluding carboxylic acids is 1. The number of pyridine rings is 2. The van der Waals surface area contributed by atoms with Crippen molar-refractivity contribution >= 4 is 29.0 Å². The summed E-state index contributed by atoms with van der Waals surface area (Å²) in [6.07, 6.45) is 4.85. The Hall–Kier alpha value is -2.14. The fourth-order valence-electron chi connectivity index (χ4n) is 1.98. The molecule has 1 amide bonds. The van der Waals surface area contributed by atoms with E-state index in [-0.39, 0.29) is 5.91 Å². The third kappa shape index (κ3) is 3.49. The van der Waals surface area contributed by atoms with Gasteiger partial charge in [-0.1, -0.05) is 11.6 Å². The number of amides is 1. The van der Waals surface area contributed by atoms with E-state index in [0.29, 0.717) is 22.9 Å². The van der Waals surface area contributed by atoms with Gasteiger partial charge in [0.15, 0.2) is 0 Å². The molecule has 2 aromatic heterocycles. The van der Waals surface area contributed by atoms with Crippen LogP contribution < -0.4 is 10.2 Å². The number of nitrogens with one attached hydrogen (secondary N) is 1. The Balaban J connectivity index is 2.28. The van der Waals surface area contributed by atoms with Crippen LogP contribution in [0.4, 0.5) is 11.5 Å². The zero-order valence-electron chi connectivity index (χ0n) is 12.0. The van der Waals surface area contributed by atoms with Gasteiger partial charge in [0, 0.05) is 37.4 Å². The van der Waals surface area contributed by atoms with Gasteiger partial charge in [0.05, 0.1) is 10.6 Å². The molecule has 0 spiro atoms. The lowest BCUT2D eigenvalue weighted by molar-refractivity contribution is 0.0988. The Morgan fingerprint density at radius 2 is 2.05 bits per heavy atom. The normalized spacial score (nSPS) is 10.2. The van der Waals surface area contributed by atoms with Crippen molar-refractivity contribution in [3.63, 3.8) is 0 Å². The second kappa shape index (κ2) is 7.04. The molecule has 0 saturated carbocycles. The molecule has 0 bridgehead atoms. The molecule has 21 heavy (non-hydrogen) atoms. The van der Waals surface area contributed by atoms with Gasteiger partial charge in [0.2, 0.25) is 0 Å². The predicted molar refractivity (Wildman–Crippen MR) is 85.0 cm³/mol. The number of aromatic nitrogens is 2. The topological polar surface area (TPSA) is 58.1 Å². The van der Waals surface area contributed by atoms with Crippen LogP contribution in [-0.2, 0) is 0 Å². The smallest absolute Gasteiger partial charge is 0.259 e. The molecule has 5 nitrogen and oxygen atoms in total. The van der Waals surface area contributed by atoms with Crippen LogP contribution in [-0.4, -0.2) is 29.0 Å². The lowest BCUT2D eigenvalue weighted by Gasteiger charge is -2.21. The van der Waals surface area contributed by atoms with E-state index in [4.69, 9.17) is 11.6 Å². The van der Waals surface area contributed by atoms with Gasteiger partial charge in [-0.2, -0.15) is 0 Å². The maximum Gasteiger partial charge on any atom is 0.259 e. The molecule has 0 aromatic carbocycles. The van der Waals surface area contributed by atoms with E-state index in [9.17, 15) is 4.79 Å². The minimum absolute atomic E-state index is 0.138. The van der Waals surface area contributed by atoms with Crippen LogP contribution in [0.15, 0.2) is 36.8 Å². The van der Waals surface area contributed by atoms with Crippen molar-refractivity contribution in [1.29, 1.82) is 0 Å². The van der Waals surface area contributed by atoms with Crippen molar-refractivity contribution < 1.29 is 4.79 Å². The van der Waals surface area contributed by atoms with E-state index in [1.807, 2.05) is 13.8 Å². The van der Waals surface area contributed by atoms with E-state index in [2.05, 4.69) is 15.3 Å². The second-order valence-corrected chi connectivity index (χ2v) is 4.75. The second-order valence-electron chi connectivity index (χ2n) is 4.34. The number of rotatable bonds is 5. The number of anilines is 2. The minimum atomic E-state index is -0.138. The molecule has 2 aromatic rings. The van der Waals surface area contributed by atoms with Crippen molar-refractivity contribution in [1.82, 2.24) is 9.97 Å². The summed E-state index contributed by atoms with van der Waals surface area (Å²) in [6, 6.07) is 5.23. The van der Waals surface area contributed by atoms with Crippen molar-refractivity contribution in [2.75, 3.05) is 23.3 Å². The Bertz CT molecular complexity index is 618. The van der Waals surface area contributed by atoms with Gasteiger partial charge in [-0.05, 0) is 32.0 Å². The molecule has 110 valence electrons. The molecule has 0 aliphatic rings. The summed E-state index contributed by atoms with van der Waals surface area (Å²) >= 11 is 6.14. The zero-order chi connectivity index (χ0) is 15.2. The molecule has 2 heterocycles. The molecule has 0 unspecified atom stereocenters. The fourth-order valence-corrected chi connectivity index (χ4v) is 2.21. The summed E-state index contributed by atoms with van der Waals surface area (Å²) in [5.41, 5.74) is 1.25. The molecule has 0 aliphatic heterocycles. The van der Waals surface area contributed by atoms with Crippen LogP contribution in [0.2, 0.25) is 5.02 Å². The SMILES string of the molecule is CCNc1ncc(C(=O)N(CC)c2ccncc2)cc1Cl. The van der Waals surface area contributed by atoms with E-state index in [0.717, 1.165) is 12.2 Å². The highest BCUT2D eigenvalue weighted by Gasteiger charge is 2.17. The molecule has 2 rings (SSSR count). The highest BCUT2D eigenvalue weighted by molar-refractivity contribution is 6.33. The van der Waals surface area contributed by atoms with Crippen molar-refractivity contribution in [3.8, 4) is 0 Å². The van der Waals surface area contributed by atoms with Crippen LogP contribution in [0.3, 0.4) is 0 Å². The van der Waals surface area contributed by atoms with Gasteiger partial charge >= 0.3 is 0 Å². The molecule has 0 saturated heterocycles. The summed E-state index contributed by atoms with van der Waals surface area (Å²) in [7, 11) is 0. The Morgan fingerprint density at radius 3 is 2.62 bits per heavy atom. The summed E-state index contributed by atoms with van der Waals surface area (Å²) in [4.78, 5) is 22.4. The minimum Gasteiger partial charge on any atom is -0.369 e. The van der Waals surface area contributed by atoms with E-state index < -0.39 is 0 Å². The zero-order valence-corrected chi connectivity index (χ0v) is 12.8. The number of halogens is 1. The molecule has 0 radical (unpaired) electrons. The Labute approximate surface area is 129 Å². The number of nitrogens with zero attached hydrogens (tertiary/aromatic N) is 3. The first-order valence-electron chi connectivity index (χ1n) is 6.78. The van der Waals surface area contributed by atoms with Crippen molar-refractivity contribution in [2.24, 2.45) is 0 Å². The highest BCUT2D eigenvalue weighted by Crippen LogP contribution is 2.22. The van der Waals surface area contributed by atoms with Crippen LogP contribution >= 0.6 is 11.6 Å². The third-order valence-corrected chi connectivity index (χ3v) is 3.26. The predicted octanol–water partition coefficient (Wildman–Crippen LogP) is 3.23. The maximum atomic E-state index is 12.6. The standard InChI is InChI=1S/C15H17ClN4O/c1-3-18-14-13(16)9-11(10-19-14)15(21)20(4-2)12-5-7-17-8-6-12/h5-10H,3-4H2,1-2H3,(H,18,19). The van der Waals surface area contributed by atoms with Gasteiger partial charge in [-0.15, -0.1) is 0 Å². The average Bonchev–Trinajstić information content (AvgIpc) is 2.51. The first kappa shape index (κ1) is 15.3. The monoisotopic (exact) mass is 304 g/mol. The van der Waals surface area contributed by atoms with E-state index in [1.54, 1.807) is 35.5 Å². The molecule has 0 atom stereocenters. The van der Waals surface area contributed by atoms with Crippen LogP contribution in [0.5, 0.6) is 0 Å². The first-order chi connectivity index (χ1) is 10.2. The van der Waals surface area contributed by atoms with E-state index in [1.165, 1.54) is 6.20 Å². The molecule has 6 heteroatoms.